The van der Waals surface area contributed by atoms with Crippen LogP contribution in [0, 0.1) is 0 Å². The van der Waals surface area contributed by atoms with E-state index in [1.165, 1.54) is 17.6 Å². The zero-order valence-electron chi connectivity index (χ0n) is 16.6. The van der Waals surface area contributed by atoms with Crippen molar-refractivity contribution in [3.8, 4) is 11.5 Å². The molecule has 0 unspecified atom stereocenters. The van der Waals surface area contributed by atoms with Crippen molar-refractivity contribution >= 4 is 40.6 Å². The Balaban J connectivity index is 1.71. The van der Waals surface area contributed by atoms with E-state index in [1.54, 1.807) is 24.3 Å². The minimum Gasteiger partial charge on any atom is -0.493 e. The van der Waals surface area contributed by atoms with Crippen molar-refractivity contribution in [3.05, 3.63) is 76.2 Å². The molecule has 0 aromatic heterocycles. The van der Waals surface area contributed by atoms with Crippen molar-refractivity contribution in [1.82, 2.24) is 4.90 Å². The summed E-state index contributed by atoms with van der Waals surface area (Å²) in [5.74, 6) is 0.558. The number of aryl methyl sites for hydroxylation is 1. The summed E-state index contributed by atoms with van der Waals surface area (Å²) in [7, 11) is 1.51. The van der Waals surface area contributed by atoms with E-state index in [0.717, 1.165) is 18.2 Å². The first kappa shape index (κ1) is 22.0. The molecular weight excluding hydrogens is 422 g/mol. The summed E-state index contributed by atoms with van der Waals surface area (Å²) >= 11 is 7.25. The van der Waals surface area contributed by atoms with E-state index in [-0.39, 0.29) is 17.8 Å². The van der Waals surface area contributed by atoms with Crippen molar-refractivity contribution in [2.75, 3.05) is 20.3 Å². The number of amides is 2. The van der Waals surface area contributed by atoms with Crippen molar-refractivity contribution in [2.24, 2.45) is 0 Å². The first-order chi connectivity index (χ1) is 14.5. The van der Waals surface area contributed by atoms with E-state index < -0.39 is 0 Å². The maximum absolute atomic E-state index is 12.7. The van der Waals surface area contributed by atoms with E-state index in [0.29, 0.717) is 40.0 Å². The van der Waals surface area contributed by atoms with Crippen LogP contribution in [0.15, 0.2) is 60.0 Å². The predicted octanol–water partition coefficient (Wildman–Crippen LogP) is 5.58. The first-order valence-corrected chi connectivity index (χ1v) is 10.6. The van der Waals surface area contributed by atoms with Crippen LogP contribution in [0.5, 0.6) is 11.5 Å². The van der Waals surface area contributed by atoms with E-state index in [2.05, 4.69) is 6.58 Å². The third-order valence-corrected chi connectivity index (χ3v) is 5.65. The second-order valence-corrected chi connectivity index (χ2v) is 7.96. The monoisotopic (exact) mass is 443 g/mol. The highest BCUT2D eigenvalue weighted by Gasteiger charge is 2.34. The number of nitrogens with zero attached hydrogens (tertiary/aromatic N) is 1. The van der Waals surface area contributed by atoms with Gasteiger partial charge in [0, 0.05) is 6.54 Å². The summed E-state index contributed by atoms with van der Waals surface area (Å²) in [6.07, 6.45) is 4.77. The Kier molecular flexibility index (Phi) is 7.60. The van der Waals surface area contributed by atoms with Gasteiger partial charge in [-0.25, -0.2) is 0 Å². The van der Waals surface area contributed by atoms with Crippen molar-refractivity contribution in [1.29, 1.82) is 0 Å². The molecule has 1 heterocycles. The molecule has 1 fully saturated rings. The third kappa shape index (κ3) is 5.26. The van der Waals surface area contributed by atoms with Crippen molar-refractivity contribution < 1.29 is 19.1 Å². The Bertz CT molecular complexity index is 975. The average molecular weight is 444 g/mol. The van der Waals surface area contributed by atoms with Crippen molar-refractivity contribution in [3.63, 3.8) is 0 Å². The maximum Gasteiger partial charge on any atom is 0.293 e. The highest BCUT2D eigenvalue weighted by atomic mass is 35.5. The van der Waals surface area contributed by atoms with Gasteiger partial charge in [0.05, 0.1) is 17.0 Å². The molecule has 0 radical (unpaired) electrons. The lowest BCUT2D eigenvalue weighted by Gasteiger charge is -2.13. The molecule has 30 heavy (non-hydrogen) atoms. The number of hydrogen-bond acceptors (Lipinski definition) is 5. The summed E-state index contributed by atoms with van der Waals surface area (Å²) < 4.78 is 10.9. The number of carbonyl (C=O) groups is 2. The molecule has 0 atom stereocenters. The molecule has 0 N–H and O–H groups in total. The van der Waals surface area contributed by atoms with E-state index >= 15 is 0 Å². The number of rotatable bonds is 9. The van der Waals surface area contributed by atoms with Gasteiger partial charge in [-0.05, 0) is 53.9 Å². The fourth-order valence-corrected chi connectivity index (χ4v) is 4.17. The quantitative estimate of drug-likeness (QED) is 0.374. The molecule has 2 aromatic rings. The van der Waals surface area contributed by atoms with E-state index in [4.69, 9.17) is 21.1 Å². The molecule has 0 spiro atoms. The molecule has 2 amide bonds. The largest absolute Gasteiger partial charge is 0.493 e. The van der Waals surface area contributed by atoms with Gasteiger partial charge in [0.15, 0.2) is 11.5 Å². The molecule has 1 aliphatic rings. The molecular formula is C23H22ClNO4S. The lowest BCUT2D eigenvalue weighted by Crippen LogP contribution is -2.29. The third-order valence-electron chi connectivity index (χ3n) is 4.46. The summed E-state index contributed by atoms with van der Waals surface area (Å²) in [5, 5.41) is 0.0906. The SMILES string of the molecule is C=CCOc1c(Cl)cc(C=C2SC(=O)N(CCCc3ccccc3)C2=O)cc1OC. The van der Waals surface area contributed by atoms with Crippen LogP contribution in [0.2, 0.25) is 5.02 Å². The fraction of sp³-hybridized carbons (Fsp3) is 0.217. The smallest absolute Gasteiger partial charge is 0.293 e. The van der Waals surface area contributed by atoms with E-state index in [1.807, 2.05) is 30.3 Å². The minimum absolute atomic E-state index is 0.261. The molecule has 3 rings (SSSR count). The Labute approximate surface area is 185 Å². The average Bonchev–Trinajstić information content (AvgIpc) is 3.00. The molecule has 0 saturated carbocycles. The Morgan fingerprint density at radius 1 is 1.20 bits per heavy atom. The lowest BCUT2D eigenvalue weighted by atomic mass is 10.1. The van der Waals surface area contributed by atoms with Crippen LogP contribution in [0.3, 0.4) is 0 Å². The Morgan fingerprint density at radius 3 is 2.67 bits per heavy atom. The molecule has 0 aliphatic carbocycles. The molecule has 5 nitrogen and oxygen atoms in total. The predicted molar refractivity (Wildman–Crippen MR) is 121 cm³/mol. The fourth-order valence-electron chi connectivity index (χ4n) is 3.04. The van der Waals surface area contributed by atoms with Crippen LogP contribution >= 0.6 is 23.4 Å². The number of benzene rings is 2. The van der Waals surface area contributed by atoms with Gasteiger partial charge in [0.1, 0.15) is 6.61 Å². The second-order valence-electron chi connectivity index (χ2n) is 6.56. The molecule has 2 aromatic carbocycles. The highest BCUT2D eigenvalue weighted by Crippen LogP contribution is 2.39. The Morgan fingerprint density at radius 2 is 1.97 bits per heavy atom. The topological polar surface area (TPSA) is 55.8 Å². The lowest BCUT2D eigenvalue weighted by molar-refractivity contribution is -0.122. The number of thioether (sulfide) groups is 1. The standard InChI is InChI=1S/C23H22ClNO4S/c1-3-12-29-21-18(24)13-17(14-19(21)28-2)15-20-22(26)25(23(27)30-20)11-7-10-16-8-5-4-6-9-16/h3-6,8-9,13-15H,1,7,10-12H2,2H3. The summed E-state index contributed by atoms with van der Waals surface area (Å²) in [6.45, 7) is 4.29. The minimum atomic E-state index is -0.292. The van der Waals surface area contributed by atoms with Crippen LogP contribution < -0.4 is 9.47 Å². The number of halogens is 1. The molecule has 156 valence electrons. The van der Waals surface area contributed by atoms with Crippen LogP contribution in [0.25, 0.3) is 6.08 Å². The molecule has 1 aliphatic heterocycles. The van der Waals surface area contributed by atoms with Gasteiger partial charge >= 0.3 is 0 Å². The summed E-state index contributed by atoms with van der Waals surface area (Å²) in [4.78, 5) is 26.7. The molecule has 7 heteroatoms. The number of ether oxygens (including phenoxy) is 2. The van der Waals surface area contributed by atoms with Crippen LogP contribution in [-0.4, -0.2) is 36.3 Å². The number of imide groups is 1. The Hall–Kier alpha value is -2.70. The maximum atomic E-state index is 12.7. The van der Waals surface area contributed by atoms with Gasteiger partial charge < -0.3 is 9.47 Å². The molecule has 1 saturated heterocycles. The summed E-state index contributed by atoms with van der Waals surface area (Å²) in [6, 6.07) is 13.4. The normalized spacial score (nSPS) is 15.0. The number of methoxy groups -OCH3 is 1. The van der Waals surface area contributed by atoms with Gasteiger partial charge in [-0.1, -0.05) is 54.6 Å². The van der Waals surface area contributed by atoms with Gasteiger partial charge in [-0.3, -0.25) is 14.5 Å². The van der Waals surface area contributed by atoms with Gasteiger partial charge in [-0.2, -0.15) is 0 Å². The van der Waals surface area contributed by atoms with Gasteiger partial charge in [0.25, 0.3) is 11.1 Å². The zero-order valence-corrected chi connectivity index (χ0v) is 18.2. The zero-order chi connectivity index (χ0) is 21.5. The second kappa shape index (κ2) is 10.4. The van der Waals surface area contributed by atoms with Crippen LogP contribution in [0.1, 0.15) is 17.5 Å². The van der Waals surface area contributed by atoms with Gasteiger partial charge in [0.2, 0.25) is 0 Å². The summed E-state index contributed by atoms with van der Waals surface area (Å²) in [5.41, 5.74) is 1.83. The van der Waals surface area contributed by atoms with Gasteiger partial charge in [-0.15, -0.1) is 0 Å². The van der Waals surface area contributed by atoms with Crippen LogP contribution in [0.4, 0.5) is 4.79 Å². The number of carbonyl (C=O) groups excluding carboxylic acids is 2. The number of hydrogen-bond donors (Lipinski definition) is 0. The van der Waals surface area contributed by atoms with Crippen molar-refractivity contribution in [2.45, 2.75) is 12.8 Å². The first-order valence-electron chi connectivity index (χ1n) is 9.44. The molecule has 0 bridgehead atoms. The highest BCUT2D eigenvalue weighted by molar-refractivity contribution is 8.18. The van der Waals surface area contributed by atoms with E-state index in [9.17, 15) is 9.59 Å². The van der Waals surface area contributed by atoms with Crippen LogP contribution in [-0.2, 0) is 11.2 Å².